The fraction of sp³-hybridized carbons (Fsp3) is 0.294. The van der Waals surface area contributed by atoms with Crippen LogP contribution < -0.4 is 0 Å². The van der Waals surface area contributed by atoms with E-state index in [4.69, 9.17) is 38.6 Å². The predicted molar refractivity (Wildman–Crippen MR) is 94.9 cm³/mol. The van der Waals surface area contributed by atoms with E-state index >= 15 is 0 Å². The first kappa shape index (κ1) is 20.6. The standard InChI is InChI=1S/C17H13Cl2N3O5/c1-7(21)11(5-20)14(23)6-27-17(26)8(2)22-15(24)9-3-12(18)13(19)4-10(9)16(22)25/h3-4,8,11,21H,6H2,1-2H3/t8-,11-/m0/s1. The van der Waals surface area contributed by atoms with Gasteiger partial charge in [-0.15, -0.1) is 0 Å². The number of benzene rings is 1. The number of nitrogens with one attached hydrogen (secondary N) is 1. The molecular weight excluding hydrogens is 397 g/mol. The van der Waals surface area contributed by atoms with E-state index in [1.807, 2.05) is 0 Å². The minimum Gasteiger partial charge on any atom is -0.456 e. The van der Waals surface area contributed by atoms with Gasteiger partial charge in [-0.1, -0.05) is 23.2 Å². The quantitative estimate of drug-likeness (QED) is 0.435. The van der Waals surface area contributed by atoms with Crippen LogP contribution in [0.15, 0.2) is 12.1 Å². The second kappa shape index (κ2) is 7.86. The number of amides is 2. The lowest BCUT2D eigenvalue weighted by Crippen LogP contribution is -2.44. The maximum Gasteiger partial charge on any atom is 0.329 e. The van der Waals surface area contributed by atoms with Crippen LogP contribution in [-0.2, 0) is 14.3 Å². The van der Waals surface area contributed by atoms with Crippen LogP contribution in [0.5, 0.6) is 0 Å². The molecule has 8 nitrogen and oxygen atoms in total. The molecule has 0 spiro atoms. The van der Waals surface area contributed by atoms with Crippen molar-refractivity contribution in [2.24, 2.45) is 5.92 Å². The van der Waals surface area contributed by atoms with Crippen molar-refractivity contribution in [1.29, 1.82) is 10.7 Å². The van der Waals surface area contributed by atoms with Crippen LogP contribution in [0.25, 0.3) is 0 Å². The molecule has 0 fully saturated rings. The number of ether oxygens (including phenoxy) is 1. The van der Waals surface area contributed by atoms with Gasteiger partial charge in [-0.25, -0.2) is 4.79 Å². The largest absolute Gasteiger partial charge is 0.456 e. The van der Waals surface area contributed by atoms with Crippen LogP contribution in [-0.4, -0.2) is 46.8 Å². The number of hydrogen-bond acceptors (Lipinski definition) is 7. The number of rotatable bonds is 6. The van der Waals surface area contributed by atoms with Crippen molar-refractivity contribution in [3.05, 3.63) is 33.3 Å². The van der Waals surface area contributed by atoms with Gasteiger partial charge in [-0.2, -0.15) is 5.26 Å². The lowest BCUT2D eigenvalue weighted by molar-refractivity contribution is -0.151. The van der Waals surface area contributed by atoms with Crippen molar-refractivity contribution in [3.63, 3.8) is 0 Å². The van der Waals surface area contributed by atoms with Gasteiger partial charge < -0.3 is 10.1 Å². The number of esters is 1. The number of Topliss-reactive ketones (excluding diaryl/α,β-unsaturated/α-hetero) is 1. The monoisotopic (exact) mass is 409 g/mol. The number of halogens is 2. The minimum absolute atomic E-state index is 0.00843. The Kier molecular flexibility index (Phi) is 5.98. The number of fused-ring (bicyclic) bond motifs is 1. The summed E-state index contributed by atoms with van der Waals surface area (Å²) in [5.74, 6) is -4.58. The number of imide groups is 1. The first-order valence-electron chi connectivity index (χ1n) is 7.61. The van der Waals surface area contributed by atoms with Crippen molar-refractivity contribution in [2.75, 3.05) is 6.61 Å². The number of ketones is 1. The van der Waals surface area contributed by atoms with Crippen LogP contribution in [0.1, 0.15) is 34.6 Å². The van der Waals surface area contributed by atoms with Gasteiger partial charge in [0.1, 0.15) is 12.0 Å². The van der Waals surface area contributed by atoms with Gasteiger partial charge >= 0.3 is 5.97 Å². The fourth-order valence-electron chi connectivity index (χ4n) is 2.47. The zero-order valence-electron chi connectivity index (χ0n) is 14.2. The highest BCUT2D eigenvalue weighted by Crippen LogP contribution is 2.32. The van der Waals surface area contributed by atoms with Gasteiger partial charge in [-0.3, -0.25) is 19.3 Å². The Morgan fingerprint density at radius 2 is 1.70 bits per heavy atom. The Balaban J connectivity index is 2.13. The summed E-state index contributed by atoms with van der Waals surface area (Å²) in [4.78, 5) is 49.6. The van der Waals surface area contributed by atoms with Gasteiger partial charge in [0.05, 0.1) is 27.2 Å². The summed E-state index contributed by atoms with van der Waals surface area (Å²) in [5, 5.41) is 16.4. The van der Waals surface area contributed by atoms with Crippen molar-refractivity contribution >= 4 is 52.5 Å². The number of nitriles is 1. The molecule has 1 aliphatic rings. The Morgan fingerprint density at radius 1 is 1.22 bits per heavy atom. The molecule has 10 heteroatoms. The third-order valence-corrected chi connectivity index (χ3v) is 4.65. The summed E-state index contributed by atoms with van der Waals surface area (Å²) < 4.78 is 4.82. The van der Waals surface area contributed by atoms with Crippen molar-refractivity contribution in [3.8, 4) is 6.07 Å². The summed E-state index contributed by atoms with van der Waals surface area (Å²) in [6.45, 7) is 1.80. The number of carbonyl (C=O) groups excluding carboxylic acids is 4. The normalized spacial score (nSPS) is 15.0. The fourth-order valence-corrected chi connectivity index (χ4v) is 2.79. The highest BCUT2D eigenvalue weighted by Gasteiger charge is 2.42. The Bertz CT molecular complexity index is 881. The number of carbonyl (C=O) groups is 4. The molecule has 1 N–H and O–H groups in total. The Morgan fingerprint density at radius 3 is 2.11 bits per heavy atom. The third kappa shape index (κ3) is 3.84. The molecule has 1 aliphatic heterocycles. The molecular formula is C17H13Cl2N3O5. The molecule has 0 saturated carbocycles. The number of nitrogens with zero attached hydrogens (tertiary/aromatic N) is 2. The summed E-state index contributed by atoms with van der Waals surface area (Å²) in [6, 6.07) is 2.80. The second-order valence-electron chi connectivity index (χ2n) is 5.79. The first-order chi connectivity index (χ1) is 12.6. The highest BCUT2D eigenvalue weighted by atomic mass is 35.5. The average molecular weight is 410 g/mol. The van der Waals surface area contributed by atoms with Gasteiger partial charge in [-0.05, 0) is 26.0 Å². The summed E-state index contributed by atoms with van der Waals surface area (Å²) >= 11 is 11.7. The van der Waals surface area contributed by atoms with E-state index in [1.165, 1.54) is 26.0 Å². The number of hydrogen-bond donors (Lipinski definition) is 1. The van der Waals surface area contributed by atoms with Crippen LogP contribution in [0, 0.1) is 22.7 Å². The SMILES string of the molecule is CC(=N)[C@H](C#N)C(=O)COC(=O)[C@H](C)N1C(=O)c2cc(Cl)c(Cl)cc2C1=O. The second-order valence-corrected chi connectivity index (χ2v) is 6.60. The zero-order chi connectivity index (χ0) is 20.5. The van der Waals surface area contributed by atoms with E-state index in [2.05, 4.69) is 0 Å². The molecule has 0 radical (unpaired) electrons. The Hall–Kier alpha value is -2.76. The molecule has 0 unspecified atom stereocenters. The van der Waals surface area contributed by atoms with Crippen molar-refractivity contribution in [1.82, 2.24) is 4.90 Å². The van der Waals surface area contributed by atoms with E-state index in [0.29, 0.717) is 4.90 Å². The van der Waals surface area contributed by atoms with E-state index in [0.717, 1.165) is 0 Å². The van der Waals surface area contributed by atoms with Gasteiger partial charge in [0.2, 0.25) is 0 Å². The summed E-state index contributed by atoms with van der Waals surface area (Å²) in [5.41, 5.74) is -0.163. The zero-order valence-corrected chi connectivity index (χ0v) is 15.7. The van der Waals surface area contributed by atoms with E-state index < -0.39 is 42.1 Å². The third-order valence-electron chi connectivity index (χ3n) is 3.93. The van der Waals surface area contributed by atoms with Crippen molar-refractivity contribution in [2.45, 2.75) is 19.9 Å². The molecule has 2 amide bonds. The van der Waals surface area contributed by atoms with E-state index in [1.54, 1.807) is 6.07 Å². The van der Waals surface area contributed by atoms with Gasteiger partial charge in [0.25, 0.3) is 11.8 Å². The van der Waals surface area contributed by atoms with Crippen LogP contribution in [0.2, 0.25) is 10.0 Å². The van der Waals surface area contributed by atoms with Crippen LogP contribution in [0.4, 0.5) is 0 Å². The Labute approximate surface area is 164 Å². The molecule has 27 heavy (non-hydrogen) atoms. The van der Waals surface area contributed by atoms with Crippen molar-refractivity contribution < 1.29 is 23.9 Å². The molecule has 1 aromatic rings. The first-order valence-corrected chi connectivity index (χ1v) is 8.36. The minimum atomic E-state index is -1.32. The summed E-state index contributed by atoms with van der Waals surface area (Å²) in [7, 11) is 0. The molecule has 0 aliphatic carbocycles. The van der Waals surface area contributed by atoms with Gasteiger partial charge in [0.15, 0.2) is 12.4 Å². The lowest BCUT2D eigenvalue weighted by Gasteiger charge is -2.20. The molecule has 1 heterocycles. The topological polar surface area (TPSA) is 128 Å². The molecule has 2 rings (SSSR count). The maximum absolute atomic E-state index is 12.5. The maximum atomic E-state index is 12.5. The predicted octanol–water partition coefficient (Wildman–Crippen LogP) is 2.27. The van der Waals surface area contributed by atoms with Gasteiger partial charge in [0, 0.05) is 5.71 Å². The molecule has 0 aromatic heterocycles. The smallest absolute Gasteiger partial charge is 0.329 e. The summed E-state index contributed by atoms with van der Waals surface area (Å²) in [6.07, 6.45) is 0. The average Bonchev–Trinajstić information content (AvgIpc) is 2.83. The van der Waals surface area contributed by atoms with E-state index in [-0.39, 0.29) is 26.9 Å². The van der Waals surface area contributed by atoms with E-state index in [9.17, 15) is 19.2 Å². The molecule has 0 saturated heterocycles. The molecule has 1 aromatic carbocycles. The molecule has 0 bridgehead atoms. The molecule has 2 atom stereocenters. The van der Waals surface area contributed by atoms with Crippen LogP contribution >= 0.6 is 23.2 Å². The highest BCUT2D eigenvalue weighted by molar-refractivity contribution is 6.43. The molecule has 140 valence electrons. The lowest BCUT2D eigenvalue weighted by atomic mass is 10.0. The van der Waals surface area contributed by atoms with Crippen LogP contribution in [0.3, 0.4) is 0 Å².